The van der Waals surface area contributed by atoms with Crippen LogP contribution in [0, 0.1) is 5.92 Å². The molecule has 14 heavy (non-hydrogen) atoms. The number of aliphatic carboxylic acids is 1. The highest BCUT2D eigenvalue weighted by Crippen LogP contribution is 2.01. The van der Waals surface area contributed by atoms with Crippen molar-refractivity contribution >= 4 is 11.9 Å². The molecule has 0 aromatic rings. The molecule has 0 aliphatic heterocycles. The van der Waals surface area contributed by atoms with Gasteiger partial charge in [-0.15, -0.1) is 0 Å². The molecule has 0 fully saturated rings. The van der Waals surface area contributed by atoms with Gasteiger partial charge in [-0.3, -0.25) is 9.59 Å². The summed E-state index contributed by atoms with van der Waals surface area (Å²) in [7, 11) is 0. The van der Waals surface area contributed by atoms with E-state index in [0.29, 0.717) is 13.0 Å². The minimum atomic E-state index is -0.918. The van der Waals surface area contributed by atoms with Gasteiger partial charge in [0.2, 0.25) is 5.91 Å². The maximum absolute atomic E-state index is 11.4. The van der Waals surface area contributed by atoms with Gasteiger partial charge in [0.25, 0.3) is 0 Å². The van der Waals surface area contributed by atoms with E-state index in [9.17, 15) is 9.59 Å². The molecule has 0 heterocycles. The summed E-state index contributed by atoms with van der Waals surface area (Å²) in [6, 6.07) is -0.347. The molecule has 5 nitrogen and oxygen atoms in total. The molecule has 0 radical (unpaired) electrons. The Bertz CT molecular complexity index is 202. The van der Waals surface area contributed by atoms with Gasteiger partial charge in [0.05, 0.1) is 6.42 Å². The lowest BCUT2D eigenvalue weighted by atomic mass is 10.1. The summed E-state index contributed by atoms with van der Waals surface area (Å²) in [5.74, 6) is -1.30. The van der Waals surface area contributed by atoms with Crippen molar-refractivity contribution in [3.63, 3.8) is 0 Å². The van der Waals surface area contributed by atoms with Gasteiger partial charge in [-0.2, -0.15) is 0 Å². The number of nitrogens with one attached hydrogen (secondary N) is 1. The van der Waals surface area contributed by atoms with E-state index in [1.54, 1.807) is 6.92 Å². The summed E-state index contributed by atoms with van der Waals surface area (Å²) in [4.78, 5) is 21.7. The molecule has 82 valence electrons. The second-order valence-corrected chi connectivity index (χ2v) is 3.35. The van der Waals surface area contributed by atoms with E-state index in [0.717, 1.165) is 0 Å². The standard InChI is InChI=1S/C9H18N2O3/c1-3-7(5-10)9(14)11-6(2)4-8(12)13/h6-7H,3-5,10H2,1-2H3,(H,11,14)(H,12,13). The Hall–Kier alpha value is -1.10. The number of carboxylic acids is 1. The summed E-state index contributed by atoms with van der Waals surface area (Å²) < 4.78 is 0. The van der Waals surface area contributed by atoms with Crippen LogP contribution in [-0.2, 0) is 9.59 Å². The molecule has 4 N–H and O–H groups in total. The first-order chi connectivity index (χ1) is 6.51. The molecule has 0 bridgehead atoms. The highest BCUT2D eigenvalue weighted by atomic mass is 16.4. The number of carboxylic acid groups (broad SMARTS) is 1. The zero-order valence-electron chi connectivity index (χ0n) is 8.62. The monoisotopic (exact) mass is 202 g/mol. The van der Waals surface area contributed by atoms with Crippen molar-refractivity contribution in [1.82, 2.24) is 5.32 Å². The Balaban J connectivity index is 3.97. The van der Waals surface area contributed by atoms with Crippen LogP contribution in [0.1, 0.15) is 26.7 Å². The van der Waals surface area contributed by atoms with E-state index in [2.05, 4.69) is 5.32 Å². The van der Waals surface area contributed by atoms with Crippen LogP contribution < -0.4 is 11.1 Å². The van der Waals surface area contributed by atoms with Crippen LogP contribution in [-0.4, -0.2) is 29.6 Å². The van der Waals surface area contributed by atoms with Crippen LogP contribution >= 0.6 is 0 Å². The Morgan fingerprint density at radius 3 is 2.43 bits per heavy atom. The Morgan fingerprint density at radius 2 is 2.07 bits per heavy atom. The quantitative estimate of drug-likeness (QED) is 0.563. The van der Waals surface area contributed by atoms with E-state index >= 15 is 0 Å². The molecule has 1 amide bonds. The van der Waals surface area contributed by atoms with Crippen LogP contribution in [0.4, 0.5) is 0 Å². The topological polar surface area (TPSA) is 92.4 Å². The average molecular weight is 202 g/mol. The molecule has 0 aliphatic carbocycles. The van der Waals surface area contributed by atoms with E-state index in [-0.39, 0.29) is 24.3 Å². The van der Waals surface area contributed by atoms with Crippen molar-refractivity contribution in [3.05, 3.63) is 0 Å². The van der Waals surface area contributed by atoms with Crippen molar-refractivity contribution in [2.75, 3.05) is 6.54 Å². The van der Waals surface area contributed by atoms with Crippen LogP contribution in [0.3, 0.4) is 0 Å². The fourth-order valence-electron chi connectivity index (χ4n) is 1.13. The zero-order valence-corrected chi connectivity index (χ0v) is 8.62. The van der Waals surface area contributed by atoms with E-state index in [1.165, 1.54) is 0 Å². The predicted octanol–water partition coefficient (Wildman–Crippen LogP) is -0.0493. The Morgan fingerprint density at radius 1 is 1.50 bits per heavy atom. The number of hydrogen-bond donors (Lipinski definition) is 3. The number of amides is 1. The number of carbonyl (C=O) groups excluding carboxylic acids is 1. The van der Waals surface area contributed by atoms with Gasteiger partial charge in [0, 0.05) is 18.5 Å². The minimum Gasteiger partial charge on any atom is -0.481 e. The van der Waals surface area contributed by atoms with E-state index in [4.69, 9.17) is 10.8 Å². The average Bonchev–Trinajstić information content (AvgIpc) is 2.04. The fraction of sp³-hybridized carbons (Fsp3) is 0.778. The first kappa shape index (κ1) is 12.9. The number of hydrogen-bond acceptors (Lipinski definition) is 3. The van der Waals surface area contributed by atoms with Crippen LogP contribution in [0.2, 0.25) is 0 Å². The van der Waals surface area contributed by atoms with E-state index in [1.807, 2.05) is 6.92 Å². The largest absolute Gasteiger partial charge is 0.481 e. The molecule has 2 unspecified atom stereocenters. The molecule has 0 spiro atoms. The summed E-state index contributed by atoms with van der Waals surface area (Å²) in [6.07, 6.45) is 0.606. The first-order valence-electron chi connectivity index (χ1n) is 4.73. The molecule has 0 saturated carbocycles. The van der Waals surface area contributed by atoms with Gasteiger partial charge >= 0.3 is 5.97 Å². The summed E-state index contributed by atoms with van der Waals surface area (Å²) >= 11 is 0. The molecule has 0 rings (SSSR count). The molecule has 5 heteroatoms. The molecule has 0 aliphatic rings. The normalized spacial score (nSPS) is 14.5. The number of carbonyl (C=O) groups is 2. The van der Waals surface area contributed by atoms with Crippen molar-refractivity contribution in [2.45, 2.75) is 32.7 Å². The first-order valence-corrected chi connectivity index (χ1v) is 4.73. The fourth-order valence-corrected chi connectivity index (χ4v) is 1.13. The lowest BCUT2D eigenvalue weighted by Crippen LogP contribution is -2.40. The smallest absolute Gasteiger partial charge is 0.305 e. The predicted molar refractivity (Wildman–Crippen MR) is 52.7 cm³/mol. The molecular weight excluding hydrogens is 184 g/mol. The van der Waals surface area contributed by atoms with E-state index < -0.39 is 5.97 Å². The minimum absolute atomic E-state index is 0.0628. The zero-order chi connectivity index (χ0) is 11.1. The third kappa shape index (κ3) is 4.81. The van der Waals surface area contributed by atoms with Crippen LogP contribution in [0.5, 0.6) is 0 Å². The highest BCUT2D eigenvalue weighted by Gasteiger charge is 2.17. The summed E-state index contributed by atoms with van der Waals surface area (Å²) in [6.45, 7) is 3.83. The van der Waals surface area contributed by atoms with Crippen LogP contribution in [0.15, 0.2) is 0 Å². The lowest BCUT2D eigenvalue weighted by molar-refractivity contribution is -0.137. The van der Waals surface area contributed by atoms with Gasteiger partial charge < -0.3 is 16.2 Å². The van der Waals surface area contributed by atoms with Gasteiger partial charge in [-0.1, -0.05) is 6.92 Å². The van der Waals surface area contributed by atoms with Crippen molar-refractivity contribution in [3.8, 4) is 0 Å². The highest BCUT2D eigenvalue weighted by molar-refractivity contribution is 5.79. The third-order valence-electron chi connectivity index (χ3n) is 2.02. The molecular formula is C9H18N2O3. The number of rotatable bonds is 6. The second kappa shape index (κ2) is 6.37. The Labute approximate surface area is 83.7 Å². The molecule has 0 saturated heterocycles. The maximum Gasteiger partial charge on any atom is 0.305 e. The van der Waals surface area contributed by atoms with Crippen molar-refractivity contribution < 1.29 is 14.7 Å². The Kier molecular flexibility index (Phi) is 5.87. The van der Waals surface area contributed by atoms with Gasteiger partial charge in [-0.05, 0) is 13.3 Å². The summed E-state index contributed by atoms with van der Waals surface area (Å²) in [5.41, 5.74) is 5.38. The molecule has 0 aromatic heterocycles. The van der Waals surface area contributed by atoms with Gasteiger partial charge in [-0.25, -0.2) is 0 Å². The SMILES string of the molecule is CCC(CN)C(=O)NC(C)CC(=O)O. The molecule has 2 atom stereocenters. The lowest BCUT2D eigenvalue weighted by Gasteiger charge is -2.16. The van der Waals surface area contributed by atoms with Gasteiger partial charge in [0.1, 0.15) is 0 Å². The van der Waals surface area contributed by atoms with Crippen molar-refractivity contribution in [2.24, 2.45) is 11.7 Å². The van der Waals surface area contributed by atoms with Gasteiger partial charge in [0.15, 0.2) is 0 Å². The second-order valence-electron chi connectivity index (χ2n) is 3.35. The third-order valence-corrected chi connectivity index (χ3v) is 2.02. The maximum atomic E-state index is 11.4. The van der Waals surface area contributed by atoms with Crippen LogP contribution in [0.25, 0.3) is 0 Å². The van der Waals surface area contributed by atoms with Crippen molar-refractivity contribution in [1.29, 1.82) is 0 Å². The summed E-state index contributed by atoms with van der Waals surface area (Å²) in [5, 5.41) is 11.1. The number of nitrogens with two attached hydrogens (primary N) is 1. The molecule has 0 aromatic carbocycles.